The second kappa shape index (κ2) is 9.69. The van der Waals surface area contributed by atoms with Gasteiger partial charge in [-0.05, 0) is 29.8 Å². The molecule has 1 unspecified atom stereocenters. The van der Waals surface area contributed by atoms with E-state index in [4.69, 9.17) is 0 Å². The number of likely N-dealkylation sites (N-methyl/N-ethyl adjacent to an activating group) is 1. The number of rotatable bonds is 7. The van der Waals surface area contributed by atoms with Crippen molar-refractivity contribution in [1.82, 2.24) is 24.9 Å². The lowest BCUT2D eigenvalue weighted by Crippen LogP contribution is -2.43. The van der Waals surface area contributed by atoms with Gasteiger partial charge in [0, 0.05) is 51.7 Å². The molecule has 1 saturated heterocycles. The fraction of sp³-hybridized carbons (Fsp3) is 0.333. The number of nitrogens with zero attached hydrogens (tertiary/aromatic N) is 4. The van der Waals surface area contributed by atoms with E-state index in [-0.39, 0.29) is 5.91 Å². The lowest BCUT2D eigenvalue weighted by atomic mass is 10.1. The first-order valence-electron chi connectivity index (χ1n) is 10.5. The summed E-state index contributed by atoms with van der Waals surface area (Å²) in [7, 11) is 2.17. The molecule has 1 N–H and O–H groups in total. The molecule has 156 valence electrons. The van der Waals surface area contributed by atoms with Crippen molar-refractivity contribution >= 4 is 5.91 Å². The Hall–Kier alpha value is -2.96. The van der Waals surface area contributed by atoms with E-state index in [1.54, 1.807) is 10.9 Å². The third-order valence-corrected chi connectivity index (χ3v) is 5.61. The van der Waals surface area contributed by atoms with Crippen molar-refractivity contribution in [2.45, 2.75) is 19.1 Å². The Morgan fingerprint density at radius 1 is 1.00 bits per heavy atom. The highest BCUT2D eigenvalue weighted by Crippen LogP contribution is 2.18. The number of hydrogen-bond acceptors (Lipinski definition) is 4. The van der Waals surface area contributed by atoms with Gasteiger partial charge in [0.15, 0.2) is 6.04 Å². The van der Waals surface area contributed by atoms with Crippen LogP contribution >= 0.6 is 0 Å². The van der Waals surface area contributed by atoms with E-state index in [0.717, 1.165) is 43.9 Å². The second-order valence-electron chi connectivity index (χ2n) is 7.92. The quantitative estimate of drug-likeness (QED) is 0.659. The molecule has 2 aromatic carbocycles. The zero-order chi connectivity index (χ0) is 20.8. The van der Waals surface area contributed by atoms with Crippen LogP contribution in [0.1, 0.15) is 22.7 Å². The summed E-state index contributed by atoms with van der Waals surface area (Å²) in [6.07, 6.45) is 3.53. The SMILES string of the molecule is CN1CCN(Cc2cccc(CNC(=O)C(c3ccccc3)n3cccn3)c2)CC1. The normalized spacial score (nSPS) is 16.3. The molecule has 1 aliphatic heterocycles. The molecule has 6 heteroatoms. The van der Waals surface area contributed by atoms with Gasteiger partial charge in [0.1, 0.15) is 0 Å². The van der Waals surface area contributed by atoms with Crippen molar-refractivity contribution in [2.24, 2.45) is 0 Å². The molecule has 4 rings (SSSR count). The molecule has 2 heterocycles. The smallest absolute Gasteiger partial charge is 0.249 e. The molecular weight excluding hydrogens is 374 g/mol. The number of piperazine rings is 1. The summed E-state index contributed by atoms with van der Waals surface area (Å²) < 4.78 is 1.70. The maximum atomic E-state index is 13.1. The summed E-state index contributed by atoms with van der Waals surface area (Å²) in [5, 5.41) is 7.40. The lowest BCUT2D eigenvalue weighted by molar-refractivity contribution is -0.123. The van der Waals surface area contributed by atoms with E-state index in [1.165, 1.54) is 5.56 Å². The van der Waals surface area contributed by atoms with Crippen LogP contribution in [-0.2, 0) is 17.9 Å². The molecule has 1 atom stereocenters. The number of carbonyl (C=O) groups is 1. The predicted molar refractivity (Wildman–Crippen MR) is 118 cm³/mol. The third kappa shape index (κ3) is 5.14. The molecule has 1 aromatic heterocycles. The van der Waals surface area contributed by atoms with Gasteiger partial charge in [-0.15, -0.1) is 0 Å². The van der Waals surface area contributed by atoms with Crippen molar-refractivity contribution in [2.75, 3.05) is 33.2 Å². The Bertz CT molecular complexity index is 933. The van der Waals surface area contributed by atoms with Gasteiger partial charge in [-0.2, -0.15) is 5.10 Å². The molecule has 0 bridgehead atoms. The molecule has 1 fully saturated rings. The average molecular weight is 404 g/mol. The van der Waals surface area contributed by atoms with Crippen molar-refractivity contribution in [3.05, 3.63) is 89.7 Å². The predicted octanol–water partition coefficient (Wildman–Crippen LogP) is 2.54. The summed E-state index contributed by atoms with van der Waals surface area (Å²) in [5.74, 6) is -0.0608. The van der Waals surface area contributed by atoms with E-state index in [2.05, 4.69) is 51.5 Å². The van der Waals surface area contributed by atoms with Crippen molar-refractivity contribution in [1.29, 1.82) is 0 Å². The zero-order valence-corrected chi connectivity index (χ0v) is 17.4. The highest BCUT2D eigenvalue weighted by molar-refractivity contribution is 5.83. The van der Waals surface area contributed by atoms with E-state index in [0.29, 0.717) is 6.54 Å². The summed E-state index contributed by atoms with van der Waals surface area (Å²) in [4.78, 5) is 17.9. The van der Waals surface area contributed by atoms with Crippen LogP contribution in [0.4, 0.5) is 0 Å². The highest BCUT2D eigenvalue weighted by Gasteiger charge is 2.22. The maximum absolute atomic E-state index is 13.1. The molecular formula is C24H29N5O. The molecule has 1 aliphatic rings. The highest BCUT2D eigenvalue weighted by atomic mass is 16.2. The van der Waals surface area contributed by atoms with E-state index >= 15 is 0 Å². The zero-order valence-electron chi connectivity index (χ0n) is 17.4. The molecule has 0 radical (unpaired) electrons. The Labute approximate surface area is 178 Å². The van der Waals surface area contributed by atoms with Gasteiger partial charge in [-0.1, -0.05) is 54.6 Å². The first-order valence-corrected chi connectivity index (χ1v) is 10.5. The minimum absolute atomic E-state index is 0.0608. The van der Waals surface area contributed by atoms with E-state index in [1.807, 2.05) is 42.6 Å². The first kappa shape index (κ1) is 20.3. The molecule has 0 aliphatic carbocycles. The van der Waals surface area contributed by atoms with Gasteiger partial charge < -0.3 is 10.2 Å². The lowest BCUT2D eigenvalue weighted by Gasteiger charge is -2.32. The summed E-state index contributed by atoms with van der Waals surface area (Å²) in [5.41, 5.74) is 3.32. The van der Waals surface area contributed by atoms with Crippen LogP contribution in [0.15, 0.2) is 73.1 Å². The Morgan fingerprint density at radius 3 is 2.50 bits per heavy atom. The number of hydrogen-bond donors (Lipinski definition) is 1. The minimum Gasteiger partial charge on any atom is -0.350 e. The van der Waals surface area contributed by atoms with Crippen LogP contribution in [0.3, 0.4) is 0 Å². The Kier molecular flexibility index (Phi) is 6.57. The van der Waals surface area contributed by atoms with Gasteiger partial charge in [-0.25, -0.2) is 0 Å². The largest absolute Gasteiger partial charge is 0.350 e. The minimum atomic E-state index is -0.477. The van der Waals surface area contributed by atoms with E-state index < -0.39 is 6.04 Å². The number of amides is 1. The van der Waals surface area contributed by atoms with Crippen LogP contribution in [0.5, 0.6) is 0 Å². The summed E-state index contributed by atoms with van der Waals surface area (Å²) >= 11 is 0. The molecule has 30 heavy (non-hydrogen) atoms. The van der Waals surface area contributed by atoms with Gasteiger partial charge in [-0.3, -0.25) is 14.4 Å². The standard InChI is InChI=1S/C24H29N5O/c1-27-13-15-28(16-14-27)19-21-8-5-7-20(17-21)18-25-24(30)23(29-12-6-11-26-29)22-9-3-2-4-10-22/h2-12,17,23H,13-16,18-19H2,1H3,(H,25,30). The van der Waals surface area contributed by atoms with Crippen LogP contribution in [-0.4, -0.2) is 58.7 Å². The van der Waals surface area contributed by atoms with Crippen LogP contribution in [0.25, 0.3) is 0 Å². The number of aromatic nitrogens is 2. The molecule has 6 nitrogen and oxygen atoms in total. The number of nitrogens with one attached hydrogen (secondary N) is 1. The molecule has 0 saturated carbocycles. The molecule has 1 amide bonds. The van der Waals surface area contributed by atoms with Crippen molar-refractivity contribution in [3.63, 3.8) is 0 Å². The molecule has 0 spiro atoms. The summed E-state index contributed by atoms with van der Waals surface area (Å²) in [6.45, 7) is 5.88. The van der Waals surface area contributed by atoms with Crippen molar-refractivity contribution in [3.8, 4) is 0 Å². The van der Waals surface area contributed by atoms with Crippen LogP contribution in [0.2, 0.25) is 0 Å². The van der Waals surface area contributed by atoms with Gasteiger partial charge in [0.25, 0.3) is 0 Å². The second-order valence-corrected chi connectivity index (χ2v) is 7.92. The monoisotopic (exact) mass is 403 g/mol. The first-order chi connectivity index (χ1) is 14.7. The fourth-order valence-electron chi connectivity index (χ4n) is 3.88. The number of benzene rings is 2. The topological polar surface area (TPSA) is 53.4 Å². The van der Waals surface area contributed by atoms with Gasteiger partial charge in [0.2, 0.25) is 5.91 Å². The van der Waals surface area contributed by atoms with Crippen molar-refractivity contribution < 1.29 is 4.79 Å². The maximum Gasteiger partial charge on any atom is 0.249 e. The van der Waals surface area contributed by atoms with Gasteiger partial charge in [0.05, 0.1) is 0 Å². The number of carbonyl (C=O) groups excluding carboxylic acids is 1. The molecule has 3 aromatic rings. The van der Waals surface area contributed by atoms with Crippen LogP contribution in [0, 0.1) is 0 Å². The Morgan fingerprint density at radius 2 is 1.77 bits per heavy atom. The fourth-order valence-corrected chi connectivity index (χ4v) is 3.88. The van der Waals surface area contributed by atoms with Crippen LogP contribution < -0.4 is 5.32 Å². The third-order valence-electron chi connectivity index (χ3n) is 5.61. The van der Waals surface area contributed by atoms with Gasteiger partial charge >= 0.3 is 0 Å². The van der Waals surface area contributed by atoms with E-state index in [9.17, 15) is 4.79 Å². The summed E-state index contributed by atoms with van der Waals surface area (Å²) in [6, 6.07) is 19.6. The average Bonchev–Trinajstić information content (AvgIpc) is 3.29. The Balaban J connectivity index is 1.40.